The Morgan fingerprint density at radius 1 is 1.06 bits per heavy atom. The molecule has 0 saturated carbocycles. The van der Waals surface area contributed by atoms with Gasteiger partial charge in [-0.15, -0.1) is 0 Å². The summed E-state index contributed by atoms with van der Waals surface area (Å²) < 4.78 is 65.7. The van der Waals surface area contributed by atoms with Gasteiger partial charge in [-0.1, -0.05) is 25.4 Å². The normalized spacial score (nSPS) is 15.3. The minimum atomic E-state index is -4.79. The van der Waals surface area contributed by atoms with E-state index in [9.17, 15) is 31.2 Å². The van der Waals surface area contributed by atoms with Gasteiger partial charge in [-0.25, -0.2) is 13.1 Å². The van der Waals surface area contributed by atoms with E-state index >= 15 is 0 Å². The van der Waals surface area contributed by atoms with Gasteiger partial charge in [0.15, 0.2) is 0 Å². The van der Waals surface area contributed by atoms with Gasteiger partial charge < -0.3 is 9.80 Å². The van der Waals surface area contributed by atoms with E-state index in [1.807, 2.05) is 13.8 Å². The number of sulfonamides is 1. The molecule has 0 radical (unpaired) electrons. The summed E-state index contributed by atoms with van der Waals surface area (Å²) in [4.78, 5) is 27.2. The van der Waals surface area contributed by atoms with Crippen LogP contribution in [-0.4, -0.2) is 62.8 Å². The Morgan fingerprint density at radius 3 is 2.09 bits per heavy atom. The Hall–Kier alpha value is -1.85. The van der Waals surface area contributed by atoms with Gasteiger partial charge in [0.05, 0.1) is 15.5 Å². The third-order valence-electron chi connectivity index (χ3n) is 5.11. The second-order valence-electron chi connectivity index (χ2n) is 7.98. The van der Waals surface area contributed by atoms with Gasteiger partial charge in [0.25, 0.3) is 0 Å². The molecule has 1 fully saturated rings. The number of carbonyl (C=O) groups excluding carboxylic acids is 2. The Kier molecular flexibility index (Phi) is 8.95. The summed E-state index contributed by atoms with van der Waals surface area (Å²) in [5, 5.41) is -0.603. The molecular formula is C20H27ClF3N3O4S. The Morgan fingerprint density at radius 2 is 1.59 bits per heavy atom. The van der Waals surface area contributed by atoms with Crippen LogP contribution in [0.25, 0.3) is 0 Å². The molecule has 1 N–H and O–H groups in total. The molecule has 1 aromatic rings. The number of benzene rings is 1. The predicted octanol–water partition coefficient (Wildman–Crippen LogP) is 3.13. The first-order chi connectivity index (χ1) is 14.8. The maximum absolute atomic E-state index is 13.0. The van der Waals surface area contributed by atoms with Gasteiger partial charge in [-0.3, -0.25) is 9.59 Å². The fourth-order valence-electron chi connectivity index (χ4n) is 3.20. The van der Waals surface area contributed by atoms with Crippen molar-refractivity contribution < 1.29 is 31.2 Å². The van der Waals surface area contributed by atoms with Crippen molar-refractivity contribution in [2.45, 2.75) is 44.2 Å². The molecule has 0 unspecified atom stereocenters. The van der Waals surface area contributed by atoms with Crippen LogP contribution in [0.2, 0.25) is 5.02 Å². The third-order valence-corrected chi connectivity index (χ3v) is 6.89. The van der Waals surface area contributed by atoms with Crippen LogP contribution in [0.15, 0.2) is 23.1 Å². The molecule has 2 amide bonds. The van der Waals surface area contributed by atoms with E-state index in [1.54, 1.807) is 9.80 Å². The largest absolute Gasteiger partial charge is 0.417 e. The predicted molar refractivity (Wildman–Crippen MR) is 113 cm³/mol. The average Bonchev–Trinajstić information content (AvgIpc) is 2.71. The summed E-state index contributed by atoms with van der Waals surface area (Å²) in [6, 6.07) is 2.30. The van der Waals surface area contributed by atoms with Crippen LogP contribution < -0.4 is 4.72 Å². The van der Waals surface area contributed by atoms with Crippen LogP contribution in [-0.2, 0) is 25.8 Å². The molecule has 1 aliphatic rings. The highest BCUT2D eigenvalue weighted by Crippen LogP contribution is 2.35. The van der Waals surface area contributed by atoms with Gasteiger partial charge in [0, 0.05) is 45.6 Å². The molecule has 32 heavy (non-hydrogen) atoms. The van der Waals surface area contributed by atoms with Crippen LogP contribution in [0.1, 0.15) is 38.7 Å². The molecule has 0 spiro atoms. The van der Waals surface area contributed by atoms with E-state index in [2.05, 4.69) is 4.72 Å². The van der Waals surface area contributed by atoms with Crippen molar-refractivity contribution in [3.63, 3.8) is 0 Å². The Labute approximate surface area is 190 Å². The van der Waals surface area contributed by atoms with Crippen molar-refractivity contribution in [2.75, 3.05) is 32.7 Å². The number of piperazine rings is 1. The second kappa shape index (κ2) is 10.8. The molecule has 1 aliphatic heterocycles. The summed E-state index contributed by atoms with van der Waals surface area (Å²) in [7, 11) is -4.25. The number of nitrogens with one attached hydrogen (secondary N) is 1. The SMILES string of the molecule is CC(C)CCC(=O)N1CCN(C(=O)CCNS(=O)(=O)c2ccc(Cl)c(C(F)(F)F)c2)CC1. The number of nitrogens with zero attached hydrogens (tertiary/aromatic N) is 2. The van der Waals surface area contributed by atoms with E-state index in [1.165, 1.54) is 0 Å². The topological polar surface area (TPSA) is 86.8 Å². The van der Waals surface area contributed by atoms with E-state index in [4.69, 9.17) is 11.6 Å². The number of amides is 2. The first-order valence-corrected chi connectivity index (χ1v) is 12.1. The van der Waals surface area contributed by atoms with Crippen molar-refractivity contribution in [3.8, 4) is 0 Å². The fraction of sp³-hybridized carbons (Fsp3) is 0.600. The zero-order chi connectivity index (χ0) is 24.1. The van der Waals surface area contributed by atoms with E-state index in [0.29, 0.717) is 44.6 Å². The zero-order valence-corrected chi connectivity index (χ0v) is 19.5. The first kappa shape index (κ1) is 26.4. The lowest BCUT2D eigenvalue weighted by molar-refractivity contribution is -0.139. The smallest absolute Gasteiger partial charge is 0.339 e. The molecule has 0 aliphatic carbocycles. The number of halogens is 4. The molecule has 1 saturated heterocycles. The Bertz CT molecular complexity index is 931. The molecule has 12 heteroatoms. The zero-order valence-electron chi connectivity index (χ0n) is 17.9. The van der Waals surface area contributed by atoms with E-state index in [0.717, 1.165) is 18.6 Å². The summed E-state index contributed by atoms with van der Waals surface area (Å²) in [6.45, 7) is 5.36. The fourth-order valence-corrected chi connectivity index (χ4v) is 4.48. The summed E-state index contributed by atoms with van der Waals surface area (Å²) >= 11 is 5.51. The Balaban J connectivity index is 1.85. The van der Waals surface area contributed by atoms with E-state index < -0.39 is 31.7 Å². The number of hydrogen-bond donors (Lipinski definition) is 1. The molecule has 7 nitrogen and oxygen atoms in total. The third kappa shape index (κ3) is 7.35. The summed E-state index contributed by atoms with van der Waals surface area (Å²) in [6.07, 6.45) is -3.68. The quantitative estimate of drug-likeness (QED) is 0.598. The van der Waals surface area contributed by atoms with Gasteiger partial charge >= 0.3 is 6.18 Å². The first-order valence-electron chi connectivity index (χ1n) is 10.2. The number of carbonyl (C=O) groups is 2. The monoisotopic (exact) mass is 497 g/mol. The molecule has 0 bridgehead atoms. The lowest BCUT2D eigenvalue weighted by Gasteiger charge is -2.35. The van der Waals surface area contributed by atoms with Crippen LogP contribution in [0.4, 0.5) is 13.2 Å². The van der Waals surface area contributed by atoms with E-state index in [-0.39, 0.29) is 24.8 Å². The lowest BCUT2D eigenvalue weighted by Crippen LogP contribution is -2.51. The molecule has 0 atom stereocenters. The van der Waals surface area contributed by atoms with Gasteiger partial charge in [-0.2, -0.15) is 13.2 Å². The highest BCUT2D eigenvalue weighted by molar-refractivity contribution is 7.89. The summed E-state index contributed by atoms with van der Waals surface area (Å²) in [5.41, 5.74) is -1.25. The van der Waals surface area contributed by atoms with Crippen LogP contribution in [0, 0.1) is 5.92 Å². The van der Waals surface area contributed by atoms with Gasteiger partial charge in [0.1, 0.15) is 0 Å². The molecule has 1 aromatic carbocycles. The van der Waals surface area contributed by atoms with Crippen molar-refractivity contribution in [3.05, 3.63) is 28.8 Å². The number of alkyl halides is 3. The van der Waals surface area contributed by atoms with Crippen LogP contribution in [0.5, 0.6) is 0 Å². The second-order valence-corrected chi connectivity index (χ2v) is 10.2. The highest BCUT2D eigenvalue weighted by atomic mass is 35.5. The van der Waals surface area contributed by atoms with Crippen molar-refractivity contribution in [1.29, 1.82) is 0 Å². The molecule has 0 aromatic heterocycles. The maximum Gasteiger partial charge on any atom is 0.417 e. The van der Waals surface area contributed by atoms with Crippen LogP contribution in [0.3, 0.4) is 0 Å². The summed E-state index contributed by atoms with van der Waals surface area (Å²) in [5.74, 6) is 0.187. The highest BCUT2D eigenvalue weighted by Gasteiger charge is 2.34. The van der Waals surface area contributed by atoms with Crippen molar-refractivity contribution in [1.82, 2.24) is 14.5 Å². The molecule has 180 valence electrons. The minimum Gasteiger partial charge on any atom is -0.339 e. The number of hydrogen-bond acceptors (Lipinski definition) is 4. The van der Waals surface area contributed by atoms with Gasteiger partial charge in [-0.05, 0) is 30.5 Å². The average molecular weight is 498 g/mol. The standard InChI is InChI=1S/C20H27ClF3N3O4S/c1-14(2)3-6-18(28)26-9-11-27(12-10-26)19(29)7-8-25-32(30,31)15-4-5-17(21)16(13-15)20(22,23)24/h4-5,13-14,25H,3,6-12H2,1-2H3. The van der Waals surface area contributed by atoms with Crippen molar-refractivity contribution in [2.24, 2.45) is 5.92 Å². The molecule has 2 rings (SSSR count). The molecule has 1 heterocycles. The minimum absolute atomic E-state index is 0.0553. The molecular weight excluding hydrogens is 471 g/mol. The maximum atomic E-state index is 13.0. The number of rotatable bonds is 8. The van der Waals surface area contributed by atoms with Crippen molar-refractivity contribution >= 4 is 33.4 Å². The lowest BCUT2D eigenvalue weighted by atomic mass is 10.1. The van der Waals surface area contributed by atoms with Gasteiger partial charge in [0.2, 0.25) is 21.8 Å². The van der Waals surface area contributed by atoms with Crippen LogP contribution >= 0.6 is 11.6 Å².